The zero-order chi connectivity index (χ0) is 20.0. The molecule has 0 aromatic carbocycles. The van der Waals surface area contributed by atoms with Crippen LogP contribution in [0, 0.1) is 0 Å². The van der Waals surface area contributed by atoms with Crippen LogP contribution in [0.4, 0.5) is 0 Å². The molecule has 0 atom stereocenters. The first-order valence-corrected chi connectivity index (χ1v) is 11.8. The van der Waals surface area contributed by atoms with Crippen LogP contribution in [0.15, 0.2) is 0 Å². The van der Waals surface area contributed by atoms with E-state index < -0.39 is 0 Å². The lowest BCUT2D eigenvalue weighted by atomic mass is 10.0. The number of esters is 1. The molecule has 3 heteroatoms. The predicted octanol–water partition coefficient (Wildman–Crippen LogP) is 7.55. The van der Waals surface area contributed by atoms with Gasteiger partial charge >= 0.3 is 5.97 Å². The summed E-state index contributed by atoms with van der Waals surface area (Å²) in [4.78, 5) is 22.9. The number of hydrogen-bond acceptors (Lipinski definition) is 3. The number of Topliss-reactive ketones (excluding diaryl/α,β-unsaturated/α-hetero) is 1. The molecule has 27 heavy (non-hydrogen) atoms. The number of methoxy groups -OCH3 is 1. The van der Waals surface area contributed by atoms with Crippen LogP contribution in [-0.4, -0.2) is 18.9 Å². The molecule has 0 unspecified atom stereocenters. The minimum atomic E-state index is -0.0871. The molecule has 0 N–H and O–H groups in total. The van der Waals surface area contributed by atoms with Crippen molar-refractivity contribution in [1.82, 2.24) is 0 Å². The molecule has 0 radical (unpaired) electrons. The first-order chi connectivity index (χ1) is 13.2. The molecule has 0 saturated heterocycles. The summed E-state index contributed by atoms with van der Waals surface area (Å²) in [5.74, 6) is 0.395. The fourth-order valence-corrected chi connectivity index (χ4v) is 3.51. The Morgan fingerprint density at radius 2 is 0.852 bits per heavy atom. The van der Waals surface area contributed by atoms with Crippen LogP contribution in [0.25, 0.3) is 0 Å². The van der Waals surface area contributed by atoms with Gasteiger partial charge < -0.3 is 4.74 Å². The van der Waals surface area contributed by atoms with Gasteiger partial charge in [0.15, 0.2) is 0 Å². The standard InChI is InChI=1S/C24H46O3/c1-3-4-5-6-11-14-17-20-23(25)21-18-15-12-9-7-8-10-13-16-19-22-24(26)27-2/h3-22H2,1-2H3. The third kappa shape index (κ3) is 21.3. The van der Waals surface area contributed by atoms with Gasteiger partial charge in [0.1, 0.15) is 5.78 Å². The molecule has 0 aliphatic rings. The summed E-state index contributed by atoms with van der Waals surface area (Å²) in [6.45, 7) is 2.25. The molecule has 0 aliphatic heterocycles. The average molecular weight is 383 g/mol. The Labute approximate surface area is 169 Å². The van der Waals surface area contributed by atoms with Crippen molar-refractivity contribution in [2.45, 2.75) is 135 Å². The third-order valence-corrected chi connectivity index (χ3v) is 5.37. The highest BCUT2D eigenvalue weighted by Gasteiger charge is 2.02. The van der Waals surface area contributed by atoms with Crippen LogP contribution < -0.4 is 0 Å². The van der Waals surface area contributed by atoms with Crippen LogP contribution >= 0.6 is 0 Å². The lowest BCUT2D eigenvalue weighted by Gasteiger charge is -2.04. The maximum absolute atomic E-state index is 11.9. The van der Waals surface area contributed by atoms with Crippen molar-refractivity contribution in [2.75, 3.05) is 7.11 Å². The highest BCUT2D eigenvalue weighted by Crippen LogP contribution is 2.14. The number of carbonyl (C=O) groups is 2. The molecule has 3 nitrogen and oxygen atoms in total. The van der Waals surface area contributed by atoms with E-state index in [0.717, 1.165) is 38.5 Å². The number of rotatable bonds is 21. The lowest BCUT2D eigenvalue weighted by Crippen LogP contribution is -1.99. The Kier molecular flexibility index (Phi) is 20.8. The average Bonchev–Trinajstić information content (AvgIpc) is 2.67. The van der Waals surface area contributed by atoms with E-state index in [9.17, 15) is 9.59 Å². The normalized spacial score (nSPS) is 10.9. The van der Waals surface area contributed by atoms with E-state index in [1.165, 1.54) is 90.6 Å². The quantitative estimate of drug-likeness (QED) is 0.152. The van der Waals surface area contributed by atoms with Crippen molar-refractivity contribution in [2.24, 2.45) is 0 Å². The van der Waals surface area contributed by atoms with Crippen molar-refractivity contribution >= 4 is 11.8 Å². The molecule has 160 valence electrons. The molecule has 0 fully saturated rings. The second-order valence-electron chi connectivity index (χ2n) is 8.02. The fraction of sp³-hybridized carbons (Fsp3) is 0.917. The van der Waals surface area contributed by atoms with E-state index in [2.05, 4.69) is 11.7 Å². The van der Waals surface area contributed by atoms with Crippen LogP contribution in [0.5, 0.6) is 0 Å². The Morgan fingerprint density at radius 1 is 0.519 bits per heavy atom. The van der Waals surface area contributed by atoms with Crippen molar-refractivity contribution in [1.29, 1.82) is 0 Å². The van der Waals surface area contributed by atoms with Crippen LogP contribution in [0.1, 0.15) is 135 Å². The van der Waals surface area contributed by atoms with E-state index in [4.69, 9.17) is 0 Å². The number of hydrogen-bond donors (Lipinski definition) is 0. The van der Waals surface area contributed by atoms with E-state index in [1.54, 1.807) is 0 Å². The molecule has 0 rings (SSSR count). The summed E-state index contributed by atoms with van der Waals surface area (Å²) in [5.41, 5.74) is 0. The van der Waals surface area contributed by atoms with E-state index >= 15 is 0 Å². The zero-order valence-electron chi connectivity index (χ0n) is 18.4. The van der Waals surface area contributed by atoms with Crippen LogP contribution in [-0.2, 0) is 14.3 Å². The Bertz CT molecular complexity index is 339. The number of carbonyl (C=O) groups excluding carboxylic acids is 2. The van der Waals surface area contributed by atoms with Gasteiger partial charge in [-0.2, -0.15) is 0 Å². The smallest absolute Gasteiger partial charge is 0.305 e. The zero-order valence-corrected chi connectivity index (χ0v) is 18.4. The summed E-state index contributed by atoms with van der Waals surface area (Å²) >= 11 is 0. The number of ketones is 1. The fourth-order valence-electron chi connectivity index (χ4n) is 3.51. The Hall–Kier alpha value is -0.860. The first kappa shape index (κ1) is 26.1. The largest absolute Gasteiger partial charge is 0.469 e. The van der Waals surface area contributed by atoms with Gasteiger partial charge in [-0.25, -0.2) is 0 Å². The minimum absolute atomic E-state index is 0.0871. The topological polar surface area (TPSA) is 43.4 Å². The molecule has 0 bridgehead atoms. The van der Waals surface area contributed by atoms with Crippen LogP contribution in [0.3, 0.4) is 0 Å². The van der Waals surface area contributed by atoms with Crippen molar-refractivity contribution in [3.63, 3.8) is 0 Å². The molecule has 0 heterocycles. The number of ether oxygens (including phenoxy) is 1. The second kappa shape index (κ2) is 21.4. The molecule has 0 spiro atoms. The van der Waals surface area contributed by atoms with E-state index in [0.29, 0.717) is 12.2 Å². The van der Waals surface area contributed by atoms with Gasteiger partial charge in [-0.05, 0) is 19.3 Å². The van der Waals surface area contributed by atoms with Gasteiger partial charge in [0.05, 0.1) is 7.11 Å². The van der Waals surface area contributed by atoms with Gasteiger partial charge in [-0.15, -0.1) is 0 Å². The minimum Gasteiger partial charge on any atom is -0.469 e. The van der Waals surface area contributed by atoms with Crippen LogP contribution in [0.2, 0.25) is 0 Å². The van der Waals surface area contributed by atoms with Crippen molar-refractivity contribution in [3.8, 4) is 0 Å². The van der Waals surface area contributed by atoms with Crippen molar-refractivity contribution < 1.29 is 14.3 Å². The van der Waals surface area contributed by atoms with Gasteiger partial charge in [0, 0.05) is 19.3 Å². The summed E-state index contributed by atoms with van der Waals surface area (Å²) < 4.78 is 4.64. The molecular formula is C24H46O3. The highest BCUT2D eigenvalue weighted by molar-refractivity contribution is 5.78. The molecule has 0 aliphatic carbocycles. The summed E-state index contributed by atoms with van der Waals surface area (Å²) in [6, 6.07) is 0. The van der Waals surface area contributed by atoms with Gasteiger partial charge in [-0.1, -0.05) is 96.8 Å². The second-order valence-corrected chi connectivity index (χ2v) is 8.02. The van der Waals surface area contributed by atoms with E-state index in [1.807, 2.05) is 0 Å². The summed E-state index contributed by atoms with van der Waals surface area (Å²) in [5, 5.41) is 0. The molecule has 0 saturated carbocycles. The lowest BCUT2D eigenvalue weighted by molar-refractivity contribution is -0.140. The maximum atomic E-state index is 11.9. The molecule has 0 aromatic heterocycles. The Morgan fingerprint density at radius 3 is 1.22 bits per heavy atom. The number of unbranched alkanes of at least 4 members (excludes halogenated alkanes) is 15. The van der Waals surface area contributed by atoms with E-state index in [-0.39, 0.29) is 5.97 Å². The molecule has 0 aromatic rings. The monoisotopic (exact) mass is 382 g/mol. The highest BCUT2D eigenvalue weighted by atomic mass is 16.5. The molecular weight excluding hydrogens is 336 g/mol. The van der Waals surface area contributed by atoms with Gasteiger partial charge in [-0.3, -0.25) is 9.59 Å². The summed E-state index contributed by atoms with van der Waals surface area (Å²) in [7, 11) is 1.45. The van der Waals surface area contributed by atoms with Crippen molar-refractivity contribution in [3.05, 3.63) is 0 Å². The Balaban J connectivity index is 3.17. The predicted molar refractivity (Wildman–Crippen MR) is 115 cm³/mol. The SMILES string of the molecule is CCCCCCCCCC(=O)CCCCCCCCCCCCC(=O)OC. The third-order valence-electron chi connectivity index (χ3n) is 5.37. The van der Waals surface area contributed by atoms with Gasteiger partial charge in [0.25, 0.3) is 0 Å². The van der Waals surface area contributed by atoms with Gasteiger partial charge in [0.2, 0.25) is 0 Å². The summed E-state index contributed by atoms with van der Waals surface area (Å²) in [6.07, 6.45) is 23.2. The maximum Gasteiger partial charge on any atom is 0.305 e. The first-order valence-electron chi connectivity index (χ1n) is 11.8. The molecule has 0 amide bonds.